The van der Waals surface area contributed by atoms with E-state index in [-0.39, 0.29) is 31.6 Å². The summed E-state index contributed by atoms with van der Waals surface area (Å²) in [5.74, 6) is -0.732. The zero-order valence-corrected chi connectivity index (χ0v) is 12.5. The van der Waals surface area contributed by atoms with Gasteiger partial charge >= 0.3 is 6.18 Å². The predicted octanol–water partition coefficient (Wildman–Crippen LogP) is 0.335. The molecule has 0 aromatic carbocycles. The fraction of sp³-hybridized carbons (Fsp3) is 0.692. The van der Waals surface area contributed by atoms with E-state index in [1.165, 1.54) is 0 Å². The first kappa shape index (κ1) is 17.7. The van der Waals surface area contributed by atoms with Crippen LogP contribution < -0.4 is 5.32 Å². The number of aromatic nitrogens is 2. The second kappa shape index (κ2) is 7.28. The van der Waals surface area contributed by atoms with Gasteiger partial charge in [0, 0.05) is 19.7 Å². The van der Waals surface area contributed by atoms with Gasteiger partial charge < -0.3 is 19.9 Å². The fourth-order valence-electron chi connectivity index (χ4n) is 2.34. The molecule has 1 aromatic rings. The van der Waals surface area contributed by atoms with E-state index in [0.29, 0.717) is 23.8 Å². The number of halogens is 3. The van der Waals surface area contributed by atoms with Crippen molar-refractivity contribution in [1.82, 2.24) is 15.1 Å². The van der Waals surface area contributed by atoms with Gasteiger partial charge in [0.15, 0.2) is 5.69 Å². The minimum absolute atomic E-state index is 0.110. The highest BCUT2D eigenvalue weighted by molar-refractivity contribution is 5.92. The van der Waals surface area contributed by atoms with Crippen LogP contribution in [-0.2, 0) is 22.7 Å². The first-order valence-electron chi connectivity index (χ1n) is 7.05. The Hall–Kier alpha value is -1.65. The molecule has 23 heavy (non-hydrogen) atoms. The van der Waals surface area contributed by atoms with Gasteiger partial charge in [-0.2, -0.15) is 18.3 Å². The maximum atomic E-state index is 12.7. The van der Waals surface area contributed by atoms with Crippen LogP contribution in [0, 0.1) is 0 Å². The van der Waals surface area contributed by atoms with Crippen LogP contribution in [0.4, 0.5) is 13.2 Å². The fourth-order valence-corrected chi connectivity index (χ4v) is 2.34. The molecule has 0 aliphatic carbocycles. The molecule has 1 aliphatic heterocycles. The molecule has 2 heterocycles. The largest absolute Gasteiger partial charge is 0.433 e. The molecule has 1 aromatic heterocycles. The van der Waals surface area contributed by atoms with Gasteiger partial charge in [-0.25, -0.2) is 0 Å². The lowest BCUT2D eigenvalue weighted by atomic mass is 10.1. The summed E-state index contributed by atoms with van der Waals surface area (Å²) >= 11 is 0. The number of nitrogens with one attached hydrogen (secondary N) is 1. The summed E-state index contributed by atoms with van der Waals surface area (Å²) in [5, 5.41) is 15.0. The van der Waals surface area contributed by atoms with Gasteiger partial charge in [-0.1, -0.05) is 0 Å². The monoisotopic (exact) mass is 337 g/mol. The van der Waals surface area contributed by atoms with Crippen LogP contribution in [0.3, 0.4) is 0 Å². The van der Waals surface area contributed by atoms with Crippen molar-refractivity contribution >= 4 is 5.91 Å². The van der Waals surface area contributed by atoms with Gasteiger partial charge in [0.1, 0.15) is 5.69 Å². The zero-order chi connectivity index (χ0) is 17.0. The second-order valence-corrected chi connectivity index (χ2v) is 5.11. The summed E-state index contributed by atoms with van der Waals surface area (Å²) < 4.78 is 49.5. The Morgan fingerprint density at radius 3 is 2.96 bits per heavy atom. The SMILES string of the molecule is Cn1nc(C(=O)N[C@@H]2COCC[C@@H]2OCCO)cc1C(F)(F)F. The van der Waals surface area contributed by atoms with E-state index < -0.39 is 23.8 Å². The summed E-state index contributed by atoms with van der Waals surface area (Å²) in [6.45, 7) is 0.580. The van der Waals surface area contributed by atoms with Crippen molar-refractivity contribution in [3.05, 3.63) is 17.5 Å². The average molecular weight is 337 g/mol. The number of aryl methyl sites for hydroxylation is 1. The summed E-state index contributed by atoms with van der Waals surface area (Å²) in [6.07, 6.45) is -4.44. The third-order valence-corrected chi connectivity index (χ3v) is 3.44. The van der Waals surface area contributed by atoms with Crippen LogP contribution in [0.2, 0.25) is 0 Å². The maximum Gasteiger partial charge on any atom is 0.433 e. The maximum absolute atomic E-state index is 12.7. The number of carbonyl (C=O) groups is 1. The van der Waals surface area contributed by atoms with E-state index in [2.05, 4.69) is 10.4 Å². The van der Waals surface area contributed by atoms with Gasteiger partial charge in [0.05, 0.1) is 32.0 Å². The predicted molar refractivity (Wildman–Crippen MR) is 71.7 cm³/mol. The van der Waals surface area contributed by atoms with Crippen molar-refractivity contribution in [2.24, 2.45) is 7.05 Å². The lowest BCUT2D eigenvalue weighted by Crippen LogP contribution is -2.50. The Balaban J connectivity index is 2.05. The number of rotatable bonds is 5. The van der Waals surface area contributed by atoms with E-state index in [4.69, 9.17) is 14.6 Å². The third-order valence-electron chi connectivity index (χ3n) is 3.44. The Kier molecular flexibility index (Phi) is 5.60. The molecule has 0 saturated carbocycles. The van der Waals surface area contributed by atoms with Crippen LogP contribution >= 0.6 is 0 Å². The molecule has 130 valence electrons. The van der Waals surface area contributed by atoms with Crippen molar-refractivity contribution in [3.63, 3.8) is 0 Å². The summed E-state index contributed by atoms with van der Waals surface area (Å²) in [6, 6.07) is 0.182. The third kappa shape index (κ3) is 4.43. The second-order valence-electron chi connectivity index (χ2n) is 5.11. The molecule has 2 atom stereocenters. The highest BCUT2D eigenvalue weighted by Gasteiger charge is 2.36. The first-order valence-corrected chi connectivity index (χ1v) is 7.05. The van der Waals surface area contributed by atoms with E-state index in [1.807, 2.05) is 0 Å². The van der Waals surface area contributed by atoms with E-state index >= 15 is 0 Å². The molecule has 2 rings (SSSR count). The summed E-state index contributed by atoms with van der Waals surface area (Å²) in [7, 11) is 1.12. The van der Waals surface area contributed by atoms with Crippen LogP contribution in [0.25, 0.3) is 0 Å². The van der Waals surface area contributed by atoms with E-state index in [0.717, 1.165) is 7.05 Å². The zero-order valence-electron chi connectivity index (χ0n) is 12.5. The number of aliphatic hydroxyl groups excluding tert-OH is 1. The summed E-state index contributed by atoms with van der Waals surface area (Å²) in [5.41, 5.74) is -1.33. The van der Waals surface area contributed by atoms with Crippen molar-refractivity contribution in [1.29, 1.82) is 0 Å². The van der Waals surface area contributed by atoms with Crippen molar-refractivity contribution < 1.29 is 32.5 Å². The van der Waals surface area contributed by atoms with Gasteiger partial charge in [0.2, 0.25) is 0 Å². The molecule has 0 spiro atoms. The lowest BCUT2D eigenvalue weighted by molar-refractivity contribution is -0.143. The average Bonchev–Trinajstić information content (AvgIpc) is 2.88. The van der Waals surface area contributed by atoms with E-state index in [9.17, 15) is 18.0 Å². The van der Waals surface area contributed by atoms with Gasteiger partial charge in [-0.15, -0.1) is 0 Å². The molecule has 1 fully saturated rings. The number of aliphatic hydroxyl groups is 1. The molecule has 1 amide bonds. The number of alkyl halides is 3. The highest BCUT2D eigenvalue weighted by atomic mass is 19.4. The van der Waals surface area contributed by atoms with Crippen molar-refractivity contribution in [2.75, 3.05) is 26.4 Å². The number of nitrogens with zero attached hydrogens (tertiary/aromatic N) is 2. The molecule has 0 bridgehead atoms. The molecule has 0 unspecified atom stereocenters. The van der Waals surface area contributed by atoms with Crippen LogP contribution in [0.1, 0.15) is 22.6 Å². The number of ether oxygens (including phenoxy) is 2. The first-order chi connectivity index (χ1) is 10.8. The number of hydrogen-bond acceptors (Lipinski definition) is 5. The Labute approximate surface area is 130 Å². The van der Waals surface area contributed by atoms with Gasteiger partial charge in [-0.05, 0) is 6.42 Å². The van der Waals surface area contributed by atoms with Crippen molar-refractivity contribution in [3.8, 4) is 0 Å². The molecule has 0 radical (unpaired) electrons. The molecular weight excluding hydrogens is 319 g/mol. The molecular formula is C13H18F3N3O4. The van der Waals surface area contributed by atoms with Crippen LogP contribution in [0.5, 0.6) is 0 Å². The molecule has 1 saturated heterocycles. The Morgan fingerprint density at radius 1 is 1.61 bits per heavy atom. The number of carbonyl (C=O) groups excluding carboxylic acids is 1. The Bertz CT molecular complexity index is 547. The smallest absolute Gasteiger partial charge is 0.394 e. The standard InChI is InChI=1S/C13H18F3N3O4/c1-19-11(13(14,15)16)6-8(18-19)12(21)17-9-7-22-4-2-10(9)23-5-3-20/h6,9-10,20H,2-5,7H2,1H3,(H,17,21)/t9-,10+/m1/s1. The molecule has 2 N–H and O–H groups in total. The van der Waals surface area contributed by atoms with E-state index in [1.54, 1.807) is 0 Å². The van der Waals surface area contributed by atoms with Gasteiger partial charge in [-0.3, -0.25) is 9.48 Å². The van der Waals surface area contributed by atoms with Crippen LogP contribution in [0.15, 0.2) is 6.07 Å². The lowest BCUT2D eigenvalue weighted by Gasteiger charge is -2.31. The minimum atomic E-state index is -4.58. The topological polar surface area (TPSA) is 85.6 Å². The van der Waals surface area contributed by atoms with Gasteiger partial charge in [0.25, 0.3) is 5.91 Å². The molecule has 10 heteroatoms. The minimum Gasteiger partial charge on any atom is -0.394 e. The van der Waals surface area contributed by atoms with Crippen LogP contribution in [-0.4, -0.2) is 59.4 Å². The normalized spacial score (nSPS) is 22.1. The number of hydrogen-bond donors (Lipinski definition) is 2. The molecule has 1 aliphatic rings. The quantitative estimate of drug-likeness (QED) is 0.809. The highest BCUT2D eigenvalue weighted by Crippen LogP contribution is 2.29. The molecule has 7 nitrogen and oxygen atoms in total. The number of amides is 1. The Morgan fingerprint density at radius 2 is 2.35 bits per heavy atom. The van der Waals surface area contributed by atoms with Crippen molar-refractivity contribution in [2.45, 2.75) is 24.7 Å². The summed E-state index contributed by atoms with van der Waals surface area (Å²) in [4.78, 5) is 12.1.